The van der Waals surface area contributed by atoms with E-state index in [0.29, 0.717) is 12.1 Å². The van der Waals surface area contributed by atoms with E-state index in [4.69, 9.17) is 5.11 Å². The maximum Gasteiger partial charge on any atom is 0.254 e. The van der Waals surface area contributed by atoms with Crippen molar-refractivity contribution >= 4 is 17.2 Å². The summed E-state index contributed by atoms with van der Waals surface area (Å²) in [5.41, 5.74) is 1.73. The van der Waals surface area contributed by atoms with Crippen LogP contribution >= 0.6 is 11.3 Å². The standard InChI is InChI=1S/C24H24N2O2S/c1-18(2)22(23-25-16-21(29-23)14-9-15-27)26(17-19-10-5-3-6-11-19)24(28)20-12-7-4-8-13-20/h3-8,10-13,16,18,22,27H,15,17H2,1-2H3. The summed E-state index contributed by atoms with van der Waals surface area (Å²) in [6, 6.07) is 19.2. The zero-order valence-electron chi connectivity index (χ0n) is 16.6. The lowest BCUT2D eigenvalue weighted by Gasteiger charge is -2.33. The maximum atomic E-state index is 13.5. The topological polar surface area (TPSA) is 53.4 Å². The number of rotatable bonds is 6. The Kier molecular flexibility index (Phi) is 7.18. The van der Waals surface area contributed by atoms with Gasteiger partial charge in [-0.05, 0) is 23.6 Å². The van der Waals surface area contributed by atoms with Crippen molar-refractivity contribution in [3.63, 3.8) is 0 Å². The maximum absolute atomic E-state index is 13.5. The van der Waals surface area contributed by atoms with Crippen LogP contribution in [0.5, 0.6) is 0 Å². The van der Waals surface area contributed by atoms with E-state index >= 15 is 0 Å². The Morgan fingerprint density at radius 1 is 1.10 bits per heavy atom. The average Bonchev–Trinajstić information content (AvgIpc) is 3.20. The van der Waals surface area contributed by atoms with Crippen LogP contribution < -0.4 is 0 Å². The van der Waals surface area contributed by atoms with Crippen molar-refractivity contribution in [3.05, 3.63) is 87.9 Å². The van der Waals surface area contributed by atoms with Crippen LogP contribution in [-0.4, -0.2) is 27.5 Å². The molecule has 0 saturated heterocycles. The summed E-state index contributed by atoms with van der Waals surface area (Å²) < 4.78 is 0. The van der Waals surface area contributed by atoms with Gasteiger partial charge in [0.1, 0.15) is 11.6 Å². The molecule has 5 heteroatoms. The number of aliphatic hydroxyl groups excluding tert-OH is 1. The highest BCUT2D eigenvalue weighted by molar-refractivity contribution is 7.12. The summed E-state index contributed by atoms with van der Waals surface area (Å²) in [5.74, 6) is 5.71. The third kappa shape index (κ3) is 5.32. The normalized spacial score (nSPS) is 11.6. The molecule has 0 aliphatic rings. The summed E-state index contributed by atoms with van der Waals surface area (Å²) >= 11 is 1.47. The van der Waals surface area contributed by atoms with E-state index in [2.05, 4.69) is 30.7 Å². The molecule has 0 bridgehead atoms. The summed E-state index contributed by atoms with van der Waals surface area (Å²) in [7, 11) is 0. The number of hydrogen-bond acceptors (Lipinski definition) is 4. The molecule has 1 aromatic heterocycles. The molecule has 1 atom stereocenters. The predicted octanol–water partition coefficient (Wildman–Crippen LogP) is 4.53. The second kappa shape index (κ2) is 10.0. The highest BCUT2D eigenvalue weighted by Crippen LogP contribution is 2.34. The van der Waals surface area contributed by atoms with Gasteiger partial charge in [0, 0.05) is 12.1 Å². The average molecular weight is 405 g/mol. The molecule has 148 valence electrons. The lowest BCUT2D eigenvalue weighted by Crippen LogP contribution is -2.37. The van der Waals surface area contributed by atoms with Crippen molar-refractivity contribution in [1.82, 2.24) is 9.88 Å². The molecule has 0 spiro atoms. The third-order valence-electron chi connectivity index (χ3n) is 4.51. The van der Waals surface area contributed by atoms with Crippen LogP contribution in [0.3, 0.4) is 0 Å². The first-order valence-corrected chi connectivity index (χ1v) is 10.4. The van der Waals surface area contributed by atoms with E-state index < -0.39 is 0 Å². The molecule has 1 unspecified atom stereocenters. The van der Waals surface area contributed by atoms with E-state index in [9.17, 15) is 4.79 Å². The zero-order chi connectivity index (χ0) is 20.6. The van der Waals surface area contributed by atoms with Gasteiger partial charge in [-0.15, -0.1) is 11.3 Å². The number of aromatic nitrogens is 1. The molecular formula is C24H24N2O2S. The van der Waals surface area contributed by atoms with Crippen molar-refractivity contribution in [1.29, 1.82) is 0 Å². The number of amides is 1. The van der Waals surface area contributed by atoms with Crippen molar-refractivity contribution in [2.75, 3.05) is 6.61 Å². The molecular weight excluding hydrogens is 380 g/mol. The minimum absolute atomic E-state index is 0.0219. The molecule has 1 heterocycles. The first-order valence-electron chi connectivity index (χ1n) is 9.55. The highest BCUT2D eigenvalue weighted by Gasteiger charge is 2.31. The minimum Gasteiger partial charge on any atom is -0.384 e. The third-order valence-corrected chi connectivity index (χ3v) is 5.50. The van der Waals surface area contributed by atoms with Crippen molar-refractivity contribution in [2.45, 2.75) is 26.4 Å². The highest BCUT2D eigenvalue weighted by atomic mass is 32.1. The van der Waals surface area contributed by atoms with Crippen molar-refractivity contribution in [3.8, 4) is 11.8 Å². The van der Waals surface area contributed by atoms with Gasteiger partial charge in [0.25, 0.3) is 5.91 Å². The van der Waals surface area contributed by atoms with E-state index in [-0.39, 0.29) is 24.5 Å². The van der Waals surface area contributed by atoms with Crippen molar-refractivity contribution < 1.29 is 9.90 Å². The Bertz CT molecular complexity index is 988. The Balaban J connectivity index is 2.01. The van der Waals surface area contributed by atoms with Gasteiger partial charge in [0.2, 0.25) is 0 Å². The smallest absolute Gasteiger partial charge is 0.254 e. The van der Waals surface area contributed by atoms with Crippen LogP contribution in [0.1, 0.15) is 45.7 Å². The summed E-state index contributed by atoms with van der Waals surface area (Å²) in [6.45, 7) is 4.50. The van der Waals surface area contributed by atoms with E-state index in [1.165, 1.54) is 11.3 Å². The number of carbonyl (C=O) groups is 1. The predicted molar refractivity (Wildman–Crippen MR) is 116 cm³/mol. The summed E-state index contributed by atoms with van der Waals surface area (Å²) in [4.78, 5) is 20.7. The van der Waals surface area contributed by atoms with Gasteiger partial charge in [0.05, 0.1) is 17.1 Å². The Hall–Kier alpha value is -2.94. The lowest BCUT2D eigenvalue weighted by atomic mass is 10.0. The lowest BCUT2D eigenvalue weighted by molar-refractivity contribution is 0.0601. The van der Waals surface area contributed by atoms with Crippen LogP contribution in [0.25, 0.3) is 0 Å². The Morgan fingerprint density at radius 2 is 1.76 bits per heavy atom. The molecule has 29 heavy (non-hydrogen) atoms. The SMILES string of the molecule is CC(C)C(c1ncc(C#CCO)s1)N(Cc1ccccc1)C(=O)c1ccccc1. The van der Waals surface area contributed by atoms with Crippen LogP contribution in [-0.2, 0) is 6.54 Å². The fourth-order valence-electron chi connectivity index (χ4n) is 3.21. The molecule has 2 aromatic carbocycles. The Morgan fingerprint density at radius 3 is 2.38 bits per heavy atom. The molecule has 0 fully saturated rings. The summed E-state index contributed by atoms with van der Waals surface area (Å²) in [6.07, 6.45) is 1.71. The molecule has 1 N–H and O–H groups in total. The van der Waals surface area contributed by atoms with Gasteiger partial charge in [-0.25, -0.2) is 4.98 Å². The molecule has 0 aliphatic heterocycles. The number of hydrogen-bond donors (Lipinski definition) is 1. The van der Waals surface area contributed by atoms with E-state index in [1.807, 2.05) is 65.6 Å². The first-order chi connectivity index (χ1) is 14.1. The van der Waals surface area contributed by atoms with Crippen LogP contribution in [0, 0.1) is 17.8 Å². The van der Waals surface area contributed by atoms with E-state index in [1.54, 1.807) is 6.20 Å². The number of aliphatic hydroxyl groups is 1. The molecule has 1 amide bonds. The van der Waals surface area contributed by atoms with Crippen LogP contribution in [0.4, 0.5) is 0 Å². The van der Waals surface area contributed by atoms with Crippen LogP contribution in [0.15, 0.2) is 66.9 Å². The fraction of sp³-hybridized carbons (Fsp3) is 0.250. The van der Waals surface area contributed by atoms with Crippen LogP contribution in [0.2, 0.25) is 0 Å². The fourth-order valence-corrected chi connectivity index (χ4v) is 4.29. The van der Waals surface area contributed by atoms with Gasteiger partial charge in [-0.3, -0.25) is 4.79 Å². The van der Waals surface area contributed by atoms with Gasteiger partial charge in [-0.1, -0.05) is 74.2 Å². The van der Waals surface area contributed by atoms with Gasteiger partial charge in [0.15, 0.2) is 0 Å². The van der Waals surface area contributed by atoms with Gasteiger partial charge >= 0.3 is 0 Å². The van der Waals surface area contributed by atoms with Gasteiger partial charge in [-0.2, -0.15) is 0 Å². The largest absolute Gasteiger partial charge is 0.384 e. The molecule has 0 aliphatic carbocycles. The molecule has 0 radical (unpaired) electrons. The molecule has 3 aromatic rings. The second-order valence-corrected chi connectivity index (χ2v) is 8.06. The monoisotopic (exact) mass is 404 g/mol. The summed E-state index contributed by atoms with van der Waals surface area (Å²) in [5, 5.41) is 9.79. The minimum atomic E-state index is -0.187. The first kappa shape index (κ1) is 20.8. The van der Waals surface area contributed by atoms with Gasteiger partial charge < -0.3 is 10.0 Å². The number of carbonyl (C=O) groups excluding carboxylic acids is 1. The second-order valence-electron chi connectivity index (χ2n) is 7.00. The molecule has 4 nitrogen and oxygen atoms in total. The molecule has 0 saturated carbocycles. The zero-order valence-corrected chi connectivity index (χ0v) is 17.4. The van der Waals surface area contributed by atoms with Crippen molar-refractivity contribution in [2.24, 2.45) is 5.92 Å². The van der Waals surface area contributed by atoms with E-state index in [0.717, 1.165) is 15.4 Å². The quantitative estimate of drug-likeness (QED) is 0.614. The number of benzene rings is 2. The Labute approximate surface area is 175 Å². The molecule has 3 rings (SSSR count). The number of nitrogens with zero attached hydrogens (tertiary/aromatic N) is 2. The number of thiazole rings is 1.